The van der Waals surface area contributed by atoms with Gasteiger partial charge in [0.15, 0.2) is 0 Å². The van der Waals surface area contributed by atoms with E-state index < -0.39 is 0 Å². The molecular formula is C10H18N2O2S. The van der Waals surface area contributed by atoms with Gasteiger partial charge in [-0.25, -0.2) is 0 Å². The molecule has 0 aromatic rings. The fourth-order valence-corrected chi connectivity index (χ4v) is 2.07. The van der Waals surface area contributed by atoms with Gasteiger partial charge in [-0.2, -0.15) is 0 Å². The molecule has 2 amide bonds. The van der Waals surface area contributed by atoms with Crippen molar-refractivity contribution in [3.8, 4) is 0 Å². The third kappa shape index (κ3) is 4.55. The van der Waals surface area contributed by atoms with E-state index in [0.717, 1.165) is 25.7 Å². The Hall–Kier alpha value is -0.710. The summed E-state index contributed by atoms with van der Waals surface area (Å²) in [5.41, 5.74) is 0. The Morgan fingerprint density at radius 2 is 1.60 bits per heavy atom. The zero-order valence-electron chi connectivity index (χ0n) is 8.95. The standard InChI is InChI=1S/C10H18N2O2S/c1-2-9(13)11-7-3-5-8(6-4-7)12-10(14)15/h7-8H,2-6H2,1H3,(H,11,13)(H2,12,14,15). The van der Waals surface area contributed by atoms with Gasteiger partial charge in [-0.3, -0.25) is 9.59 Å². The maximum atomic E-state index is 11.1. The molecule has 1 aliphatic carbocycles. The molecule has 0 spiro atoms. The van der Waals surface area contributed by atoms with Crippen LogP contribution in [0.2, 0.25) is 0 Å². The van der Waals surface area contributed by atoms with E-state index in [-0.39, 0.29) is 23.2 Å². The predicted octanol–water partition coefficient (Wildman–Crippen LogP) is 1.46. The van der Waals surface area contributed by atoms with Gasteiger partial charge in [-0.15, -0.1) is 0 Å². The van der Waals surface area contributed by atoms with E-state index in [1.807, 2.05) is 6.92 Å². The quantitative estimate of drug-likeness (QED) is 0.643. The van der Waals surface area contributed by atoms with Crippen LogP contribution in [-0.4, -0.2) is 23.2 Å². The smallest absolute Gasteiger partial charge is 0.276 e. The van der Waals surface area contributed by atoms with Gasteiger partial charge < -0.3 is 10.6 Å². The molecular weight excluding hydrogens is 212 g/mol. The van der Waals surface area contributed by atoms with Gasteiger partial charge in [0.2, 0.25) is 5.91 Å². The van der Waals surface area contributed by atoms with Gasteiger partial charge in [-0.1, -0.05) is 19.6 Å². The Balaban J connectivity index is 2.23. The van der Waals surface area contributed by atoms with E-state index >= 15 is 0 Å². The zero-order chi connectivity index (χ0) is 11.3. The van der Waals surface area contributed by atoms with Crippen LogP contribution in [0.15, 0.2) is 0 Å². The average molecular weight is 230 g/mol. The van der Waals surface area contributed by atoms with E-state index in [0.29, 0.717) is 6.42 Å². The van der Waals surface area contributed by atoms with Crippen molar-refractivity contribution in [1.29, 1.82) is 0 Å². The highest BCUT2D eigenvalue weighted by atomic mass is 32.1. The van der Waals surface area contributed by atoms with Crippen LogP contribution in [0.5, 0.6) is 0 Å². The Kier molecular flexibility index (Phi) is 4.94. The Morgan fingerprint density at radius 3 is 2.00 bits per heavy atom. The second-order valence-corrected chi connectivity index (χ2v) is 4.33. The van der Waals surface area contributed by atoms with Crippen molar-refractivity contribution in [2.45, 2.75) is 51.1 Å². The van der Waals surface area contributed by atoms with Crippen LogP contribution >= 0.6 is 12.6 Å². The first-order valence-corrected chi connectivity index (χ1v) is 5.85. The molecule has 1 aliphatic rings. The molecule has 1 fully saturated rings. The van der Waals surface area contributed by atoms with Crippen molar-refractivity contribution in [3.63, 3.8) is 0 Å². The highest BCUT2D eigenvalue weighted by Gasteiger charge is 2.22. The minimum Gasteiger partial charge on any atom is -0.353 e. The van der Waals surface area contributed by atoms with Crippen LogP contribution in [0.3, 0.4) is 0 Å². The molecule has 0 atom stereocenters. The molecule has 0 aromatic carbocycles. The summed E-state index contributed by atoms with van der Waals surface area (Å²) in [5.74, 6) is 0.108. The summed E-state index contributed by atoms with van der Waals surface area (Å²) in [5, 5.41) is 5.49. The van der Waals surface area contributed by atoms with Crippen molar-refractivity contribution in [1.82, 2.24) is 10.6 Å². The monoisotopic (exact) mass is 230 g/mol. The van der Waals surface area contributed by atoms with Crippen molar-refractivity contribution < 1.29 is 9.59 Å². The largest absolute Gasteiger partial charge is 0.353 e. The van der Waals surface area contributed by atoms with Gasteiger partial charge in [-0.05, 0) is 25.7 Å². The molecule has 4 nitrogen and oxygen atoms in total. The molecule has 5 heteroatoms. The highest BCUT2D eigenvalue weighted by Crippen LogP contribution is 2.18. The van der Waals surface area contributed by atoms with Crippen LogP contribution in [0.25, 0.3) is 0 Å². The molecule has 0 bridgehead atoms. The van der Waals surface area contributed by atoms with Crippen LogP contribution in [-0.2, 0) is 4.79 Å². The topological polar surface area (TPSA) is 58.2 Å². The van der Waals surface area contributed by atoms with E-state index in [2.05, 4.69) is 23.3 Å². The van der Waals surface area contributed by atoms with E-state index in [9.17, 15) is 9.59 Å². The molecule has 0 unspecified atom stereocenters. The summed E-state index contributed by atoms with van der Waals surface area (Å²) >= 11 is 3.68. The van der Waals surface area contributed by atoms with Crippen LogP contribution in [0.4, 0.5) is 4.79 Å². The predicted molar refractivity (Wildman–Crippen MR) is 62.0 cm³/mol. The van der Waals surface area contributed by atoms with Crippen molar-refractivity contribution in [2.24, 2.45) is 0 Å². The number of hydrogen-bond donors (Lipinski definition) is 3. The number of rotatable bonds is 3. The minimum atomic E-state index is -0.268. The van der Waals surface area contributed by atoms with Gasteiger partial charge in [0.25, 0.3) is 5.24 Å². The minimum absolute atomic E-state index is 0.108. The number of hydrogen-bond acceptors (Lipinski definition) is 2. The molecule has 2 N–H and O–H groups in total. The normalized spacial score (nSPS) is 25.7. The molecule has 0 aromatic heterocycles. The summed E-state index contributed by atoms with van der Waals surface area (Å²) in [4.78, 5) is 21.8. The van der Waals surface area contributed by atoms with E-state index in [1.165, 1.54) is 0 Å². The lowest BCUT2D eigenvalue weighted by atomic mass is 9.91. The molecule has 0 heterocycles. The summed E-state index contributed by atoms with van der Waals surface area (Å²) < 4.78 is 0. The molecule has 0 saturated heterocycles. The number of nitrogens with one attached hydrogen (secondary N) is 2. The first kappa shape index (κ1) is 12.4. The lowest BCUT2D eigenvalue weighted by Crippen LogP contribution is -2.42. The van der Waals surface area contributed by atoms with E-state index in [1.54, 1.807) is 0 Å². The van der Waals surface area contributed by atoms with Crippen LogP contribution in [0.1, 0.15) is 39.0 Å². The second-order valence-electron chi connectivity index (χ2n) is 3.92. The summed E-state index contributed by atoms with van der Waals surface area (Å²) in [6.07, 6.45) is 4.24. The van der Waals surface area contributed by atoms with Gasteiger partial charge in [0, 0.05) is 18.5 Å². The van der Waals surface area contributed by atoms with E-state index in [4.69, 9.17) is 0 Å². The molecule has 1 rings (SSSR count). The molecule has 1 saturated carbocycles. The maximum Gasteiger partial charge on any atom is 0.276 e. The Labute approximate surface area is 95.6 Å². The summed E-state index contributed by atoms with van der Waals surface area (Å²) in [6.45, 7) is 1.85. The van der Waals surface area contributed by atoms with Gasteiger partial charge >= 0.3 is 0 Å². The SMILES string of the molecule is CCC(=O)NC1CCC(NC(=O)S)CC1. The zero-order valence-corrected chi connectivity index (χ0v) is 9.85. The summed E-state index contributed by atoms with van der Waals surface area (Å²) in [7, 11) is 0. The number of carbonyl (C=O) groups excluding carboxylic acids is 2. The summed E-state index contributed by atoms with van der Waals surface area (Å²) in [6, 6.07) is 0.510. The van der Waals surface area contributed by atoms with Gasteiger partial charge in [0.1, 0.15) is 0 Å². The number of thiol groups is 1. The van der Waals surface area contributed by atoms with Crippen molar-refractivity contribution >= 4 is 23.8 Å². The molecule has 15 heavy (non-hydrogen) atoms. The number of amides is 2. The third-order valence-corrected chi connectivity index (χ3v) is 2.87. The fourth-order valence-electron chi connectivity index (χ4n) is 1.89. The lowest BCUT2D eigenvalue weighted by molar-refractivity contribution is -0.121. The van der Waals surface area contributed by atoms with Gasteiger partial charge in [0.05, 0.1) is 0 Å². The lowest BCUT2D eigenvalue weighted by Gasteiger charge is -2.29. The number of carbonyl (C=O) groups is 2. The Morgan fingerprint density at radius 1 is 1.13 bits per heavy atom. The molecule has 86 valence electrons. The van der Waals surface area contributed by atoms with Crippen molar-refractivity contribution in [2.75, 3.05) is 0 Å². The second kappa shape index (κ2) is 6.00. The first-order valence-electron chi connectivity index (χ1n) is 5.40. The van der Waals surface area contributed by atoms with Crippen LogP contribution < -0.4 is 10.6 Å². The third-order valence-electron chi connectivity index (χ3n) is 2.74. The fraction of sp³-hybridized carbons (Fsp3) is 0.800. The molecule has 0 radical (unpaired) electrons. The Bertz CT molecular complexity index is 238. The average Bonchev–Trinajstić information content (AvgIpc) is 2.20. The highest BCUT2D eigenvalue weighted by molar-refractivity contribution is 7.96. The van der Waals surface area contributed by atoms with Crippen LogP contribution in [0, 0.1) is 0 Å². The maximum absolute atomic E-state index is 11.1. The molecule has 0 aliphatic heterocycles. The first-order chi connectivity index (χ1) is 7.11. The van der Waals surface area contributed by atoms with Crippen molar-refractivity contribution in [3.05, 3.63) is 0 Å².